The minimum absolute atomic E-state index is 0.0822. The zero-order chi connectivity index (χ0) is 15.9. The number of nitrogens with zero attached hydrogens (tertiary/aromatic N) is 2. The van der Waals surface area contributed by atoms with Crippen molar-refractivity contribution in [2.24, 2.45) is 0 Å². The highest BCUT2D eigenvalue weighted by Gasteiger charge is 2.09. The Morgan fingerprint density at radius 3 is 2.64 bits per heavy atom. The van der Waals surface area contributed by atoms with Gasteiger partial charge < -0.3 is 15.2 Å². The second kappa shape index (κ2) is 7.56. The topological polar surface area (TPSA) is 97.1 Å². The van der Waals surface area contributed by atoms with Gasteiger partial charge in [0.05, 0.1) is 13.1 Å². The van der Waals surface area contributed by atoms with Crippen LogP contribution in [0.4, 0.5) is 0 Å². The van der Waals surface area contributed by atoms with Gasteiger partial charge in [-0.05, 0) is 17.7 Å². The number of amides is 2. The second-order valence-electron chi connectivity index (χ2n) is 4.59. The molecule has 1 heterocycles. The molecule has 0 atom stereocenters. The molecule has 1 aromatic heterocycles. The maximum atomic E-state index is 11.4. The summed E-state index contributed by atoms with van der Waals surface area (Å²) in [6, 6.07) is 7.35. The molecule has 2 amide bonds. The van der Waals surface area contributed by atoms with Crippen molar-refractivity contribution >= 4 is 23.4 Å². The Morgan fingerprint density at radius 2 is 1.95 bits per heavy atom. The van der Waals surface area contributed by atoms with E-state index in [2.05, 4.69) is 20.8 Å². The fraction of sp³-hybridized carbons (Fsp3) is 0.286. The molecular weight excluding hydrogens is 308 g/mol. The molecular formula is C14H15ClN4O3. The molecule has 2 aromatic rings. The van der Waals surface area contributed by atoms with Crippen LogP contribution in [0.5, 0.6) is 0 Å². The predicted octanol–water partition coefficient (Wildman–Crippen LogP) is 1.07. The molecule has 0 bridgehead atoms. The van der Waals surface area contributed by atoms with E-state index in [4.69, 9.17) is 16.1 Å². The third kappa shape index (κ3) is 5.17. The molecule has 0 aliphatic rings. The van der Waals surface area contributed by atoms with Crippen LogP contribution in [0.25, 0.3) is 0 Å². The standard InChI is InChI=1S/C14H15ClN4O3/c1-9(20)16-7-13(21)17-8-14-18-12(19-22-14)6-10-2-4-11(15)5-3-10/h2-5H,6-8H2,1H3,(H,16,20)(H,17,21). The van der Waals surface area contributed by atoms with Crippen LogP contribution >= 0.6 is 11.6 Å². The predicted molar refractivity (Wildman–Crippen MR) is 79.1 cm³/mol. The molecule has 7 nitrogen and oxygen atoms in total. The smallest absolute Gasteiger partial charge is 0.246 e. The Hall–Kier alpha value is -2.41. The molecule has 1 aromatic carbocycles. The summed E-state index contributed by atoms with van der Waals surface area (Å²) in [5.41, 5.74) is 1.01. The first kappa shape index (κ1) is 16.0. The van der Waals surface area contributed by atoms with E-state index in [1.807, 2.05) is 12.1 Å². The first-order chi connectivity index (χ1) is 10.5. The Balaban J connectivity index is 1.82. The lowest BCUT2D eigenvalue weighted by Crippen LogP contribution is -2.35. The summed E-state index contributed by atoms with van der Waals surface area (Å²) in [5, 5.41) is 9.48. The molecule has 0 saturated carbocycles. The molecule has 116 valence electrons. The van der Waals surface area contributed by atoms with Crippen molar-refractivity contribution in [3.8, 4) is 0 Å². The van der Waals surface area contributed by atoms with Crippen molar-refractivity contribution in [1.29, 1.82) is 0 Å². The highest BCUT2D eigenvalue weighted by molar-refractivity contribution is 6.30. The normalized spacial score (nSPS) is 10.3. The van der Waals surface area contributed by atoms with Crippen molar-refractivity contribution in [3.05, 3.63) is 46.6 Å². The van der Waals surface area contributed by atoms with Crippen LogP contribution in [0.3, 0.4) is 0 Å². The van der Waals surface area contributed by atoms with Gasteiger partial charge in [-0.1, -0.05) is 28.9 Å². The second-order valence-corrected chi connectivity index (χ2v) is 5.03. The van der Waals surface area contributed by atoms with Crippen LogP contribution in [0.15, 0.2) is 28.8 Å². The van der Waals surface area contributed by atoms with Gasteiger partial charge in [0, 0.05) is 18.4 Å². The molecule has 0 saturated heterocycles. The summed E-state index contributed by atoms with van der Waals surface area (Å²) < 4.78 is 5.05. The maximum Gasteiger partial charge on any atom is 0.246 e. The van der Waals surface area contributed by atoms with Crippen LogP contribution in [0, 0.1) is 0 Å². The van der Waals surface area contributed by atoms with Gasteiger partial charge in [0.2, 0.25) is 17.7 Å². The zero-order valence-electron chi connectivity index (χ0n) is 11.9. The number of carbonyl (C=O) groups excluding carboxylic acids is 2. The molecule has 22 heavy (non-hydrogen) atoms. The van der Waals surface area contributed by atoms with Crippen molar-refractivity contribution in [2.45, 2.75) is 19.9 Å². The average Bonchev–Trinajstić information content (AvgIpc) is 2.93. The van der Waals surface area contributed by atoms with Crippen LogP contribution in [0.2, 0.25) is 5.02 Å². The lowest BCUT2D eigenvalue weighted by molar-refractivity contribution is -0.125. The molecule has 0 aliphatic carbocycles. The molecule has 0 radical (unpaired) electrons. The van der Waals surface area contributed by atoms with E-state index in [-0.39, 0.29) is 24.9 Å². The Morgan fingerprint density at radius 1 is 1.23 bits per heavy atom. The van der Waals surface area contributed by atoms with E-state index in [0.29, 0.717) is 23.2 Å². The summed E-state index contributed by atoms with van der Waals surface area (Å²) in [6.45, 7) is 1.38. The summed E-state index contributed by atoms with van der Waals surface area (Å²) in [6.07, 6.45) is 0.514. The number of rotatable bonds is 6. The molecule has 2 rings (SSSR count). The largest absolute Gasteiger partial charge is 0.347 e. The lowest BCUT2D eigenvalue weighted by Gasteiger charge is -2.02. The van der Waals surface area contributed by atoms with Crippen LogP contribution < -0.4 is 10.6 Å². The third-order valence-corrected chi connectivity index (χ3v) is 2.97. The van der Waals surface area contributed by atoms with Gasteiger partial charge in [0.25, 0.3) is 0 Å². The molecule has 0 spiro atoms. The average molecular weight is 323 g/mol. The Kier molecular flexibility index (Phi) is 5.48. The summed E-state index contributed by atoms with van der Waals surface area (Å²) >= 11 is 5.82. The fourth-order valence-corrected chi connectivity index (χ4v) is 1.79. The number of hydrogen-bond donors (Lipinski definition) is 2. The minimum atomic E-state index is -0.326. The number of aromatic nitrogens is 2. The number of carbonyl (C=O) groups is 2. The highest BCUT2D eigenvalue weighted by atomic mass is 35.5. The Bertz CT molecular complexity index is 654. The van der Waals surface area contributed by atoms with Gasteiger partial charge in [0.1, 0.15) is 0 Å². The number of benzene rings is 1. The lowest BCUT2D eigenvalue weighted by atomic mass is 10.1. The van der Waals surface area contributed by atoms with Gasteiger partial charge in [-0.3, -0.25) is 9.59 Å². The van der Waals surface area contributed by atoms with Gasteiger partial charge >= 0.3 is 0 Å². The van der Waals surface area contributed by atoms with Gasteiger partial charge in [-0.2, -0.15) is 4.98 Å². The first-order valence-electron chi connectivity index (χ1n) is 6.60. The van der Waals surface area contributed by atoms with E-state index < -0.39 is 0 Å². The van der Waals surface area contributed by atoms with E-state index in [0.717, 1.165) is 5.56 Å². The van der Waals surface area contributed by atoms with Crippen molar-refractivity contribution in [1.82, 2.24) is 20.8 Å². The summed E-state index contributed by atoms with van der Waals surface area (Å²) in [4.78, 5) is 26.3. The van der Waals surface area contributed by atoms with E-state index in [1.165, 1.54) is 6.92 Å². The van der Waals surface area contributed by atoms with Crippen LogP contribution in [-0.2, 0) is 22.6 Å². The fourth-order valence-electron chi connectivity index (χ4n) is 1.66. The highest BCUT2D eigenvalue weighted by Crippen LogP contribution is 2.12. The SMILES string of the molecule is CC(=O)NCC(=O)NCc1nc(Cc2ccc(Cl)cc2)no1. The maximum absolute atomic E-state index is 11.4. The van der Waals surface area contributed by atoms with Crippen molar-refractivity contribution in [3.63, 3.8) is 0 Å². The first-order valence-corrected chi connectivity index (χ1v) is 6.98. The van der Waals surface area contributed by atoms with E-state index >= 15 is 0 Å². The van der Waals surface area contributed by atoms with Crippen molar-refractivity contribution in [2.75, 3.05) is 6.54 Å². The monoisotopic (exact) mass is 322 g/mol. The summed E-state index contributed by atoms with van der Waals surface area (Å²) in [5.74, 6) is 0.236. The van der Waals surface area contributed by atoms with E-state index in [9.17, 15) is 9.59 Å². The minimum Gasteiger partial charge on any atom is -0.347 e. The van der Waals surface area contributed by atoms with Crippen LogP contribution in [0.1, 0.15) is 24.2 Å². The van der Waals surface area contributed by atoms with Gasteiger partial charge in [0.15, 0.2) is 5.82 Å². The Labute approximate surface area is 132 Å². The van der Waals surface area contributed by atoms with Crippen LogP contribution in [-0.4, -0.2) is 28.5 Å². The third-order valence-electron chi connectivity index (χ3n) is 2.72. The molecule has 2 N–H and O–H groups in total. The van der Waals surface area contributed by atoms with Gasteiger partial charge in [-0.15, -0.1) is 0 Å². The van der Waals surface area contributed by atoms with E-state index in [1.54, 1.807) is 12.1 Å². The van der Waals surface area contributed by atoms with Crippen molar-refractivity contribution < 1.29 is 14.1 Å². The molecule has 0 fully saturated rings. The number of halogens is 1. The molecule has 0 aliphatic heterocycles. The summed E-state index contributed by atoms with van der Waals surface area (Å²) in [7, 11) is 0. The zero-order valence-corrected chi connectivity index (χ0v) is 12.7. The number of nitrogens with one attached hydrogen (secondary N) is 2. The molecule has 0 unspecified atom stereocenters. The van der Waals surface area contributed by atoms with Gasteiger partial charge in [-0.25, -0.2) is 0 Å². The number of hydrogen-bond acceptors (Lipinski definition) is 5. The molecule has 8 heteroatoms. The quantitative estimate of drug-likeness (QED) is 0.829.